The minimum absolute atomic E-state index is 0.0317. The normalized spacial score (nSPS) is 15.0. The number of benzene rings is 2. The molecule has 6 nitrogen and oxygen atoms in total. The highest BCUT2D eigenvalue weighted by Gasteiger charge is 2.32. The number of hydrogen-bond acceptors (Lipinski definition) is 5. The maximum absolute atomic E-state index is 11.1. The molecular formula is C29H28N2O4. The Bertz CT molecular complexity index is 1310. The van der Waals surface area contributed by atoms with Gasteiger partial charge in [-0.25, -0.2) is 9.78 Å². The summed E-state index contributed by atoms with van der Waals surface area (Å²) in [5.41, 5.74) is 4.91. The first-order valence-electron chi connectivity index (χ1n) is 12.0. The van der Waals surface area contributed by atoms with E-state index in [4.69, 9.17) is 19.2 Å². The number of carboxylic acids is 1. The van der Waals surface area contributed by atoms with E-state index in [9.17, 15) is 4.79 Å². The first-order chi connectivity index (χ1) is 17.0. The quantitative estimate of drug-likeness (QED) is 0.317. The molecule has 4 aromatic rings. The lowest BCUT2D eigenvalue weighted by Crippen LogP contribution is -2.26. The molecule has 6 heteroatoms. The van der Waals surface area contributed by atoms with Crippen LogP contribution in [-0.4, -0.2) is 21.0 Å². The molecule has 2 aromatic carbocycles. The van der Waals surface area contributed by atoms with E-state index in [1.54, 1.807) is 42.9 Å². The Morgan fingerprint density at radius 2 is 1.71 bits per heavy atom. The Labute approximate surface area is 204 Å². The van der Waals surface area contributed by atoms with E-state index in [0.717, 1.165) is 35.3 Å². The summed E-state index contributed by atoms with van der Waals surface area (Å²) in [6, 6.07) is 16.7. The topological polar surface area (TPSA) is 85.5 Å². The molecule has 0 radical (unpaired) electrons. The molecule has 0 saturated heterocycles. The summed E-state index contributed by atoms with van der Waals surface area (Å²) in [7, 11) is 0. The molecule has 1 aliphatic carbocycles. The summed E-state index contributed by atoms with van der Waals surface area (Å²) in [6.07, 6.45) is 11.1. The van der Waals surface area contributed by atoms with Gasteiger partial charge in [-0.1, -0.05) is 38.3 Å². The van der Waals surface area contributed by atoms with Crippen LogP contribution in [-0.2, 0) is 12.0 Å². The molecule has 0 unspecified atom stereocenters. The Hall–Kier alpha value is -3.93. The van der Waals surface area contributed by atoms with Gasteiger partial charge in [0.05, 0.1) is 5.56 Å². The van der Waals surface area contributed by atoms with Crippen LogP contribution in [0.15, 0.2) is 77.7 Å². The molecule has 35 heavy (non-hydrogen) atoms. The minimum Gasteiger partial charge on any atom is -0.489 e. The number of oxazole rings is 1. The summed E-state index contributed by atoms with van der Waals surface area (Å²) >= 11 is 0. The molecule has 0 bridgehead atoms. The van der Waals surface area contributed by atoms with E-state index in [-0.39, 0.29) is 11.0 Å². The van der Waals surface area contributed by atoms with Crippen LogP contribution in [0.1, 0.15) is 60.5 Å². The number of hydrogen-bond donors (Lipinski definition) is 1. The smallest absolute Gasteiger partial charge is 0.335 e. The molecule has 1 saturated carbocycles. The molecule has 0 aliphatic heterocycles. The number of carbonyl (C=O) groups is 1. The van der Waals surface area contributed by atoms with Crippen LogP contribution in [0.3, 0.4) is 0 Å². The van der Waals surface area contributed by atoms with Crippen molar-refractivity contribution in [1.29, 1.82) is 0 Å². The standard InChI is InChI=1S/C29H28N2O4/c1-29(13-3-2-4-14-29)24-17-23(9-10-26(24)34-18-20-11-15-30-16-12-20)27-31-25(19-35-27)21-5-7-22(8-6-21)28(32)33/h5-12,15-17,19H,2-4,13-14,18H2,1H3,(H,32,33). The Morgan fingerprint density at radius 3 is 2.43 bits per heavy atom. The van der Waals surface area contributed by atoms with Gasteiger partial charge in [-0.05, 0) is 66.3 Å². The molecule has 1 fully saturated rings. The monoisotopic (exact) mass is 468 g/mol. The van der Waals surface area contributed by atoms with Gasteiger partial charge in [0.2, 0.25) is 5.89 Å². The van der Waals surface area contributed by atoms with Crippen LogP contribution in [0.4, 0.5) is 0 Å². The van der Waals surface area contributed by atoms with Crippen molar-refractivity contribution in [2.75, 3.05) is 0 Å². The Morgan fingerprint density at radius 1 is 1.00 bits per heavy atom. The first-order valence-corrected chi connectivity index (χ1v) is 12.0. The Kier molecular flexibility index (Phi) is 6.36. The van der Waals surface area contributed by atoms with Gasteiger partial charge < -0.3 is 14.3 Å². The van der Waals surface area contributed by atoms with Gasteiger partial charge in [-0.3, -0.25) is 4.98 Å². The fraction of sp³-hybridized carbons (Fsp3) is 0.276. The second-order valence-electron chi connectivity index (χ2n) is 9.40. The van der Waals surface area contributed by atoms with Gasteiger partial charge in [-0.15, -0.1) is 0 Å². The third-order valence-corrected chi connectivity index (χ3v) is 6.91. The SMILES string of the molecule is CC1(c2cc(-c3nc(-c4ccc(C(=O)O)cc4)co3)ccc2OCc2ccncc2)CCCCC1. The van der Waals surface area contributed by atoms with Gasteiger partial charge in [0.25, 0.3) is 0 Å². The van der Waals surface area contributed by atoms with Gasteiger partial charge in [0, 0.05) is 29.1 Å². The summed E-state index contributed by atoms with van der Waals surface area (Å²) < 4.78 is 12.2. The zero-order valence-corrected chi connectivity index (χ0v) is 19.7. The van der Waals surface area contributed by atoms with Gasteiger partial charge in [0.1, 0.15) is 24.3 Å². The largest absolute Gasteiger partial charge is 0.489 e. The van der Waals surface area contributed by atoms with Crippen LogP contribution >= 0.6 is 0 Å². The van der Waals surface area contributed by atoms with Crippen LogP contribution in [0, 0.1) is 0 Å². The molecule has 1 N–H and O–H groups in total. The highest BCUT2D eigenvalue weighted by atomic mass is 16.5. The number of aromatic nitrogens is 2. The lowest BCUT2D eigenvalue weighted by atomic mass is 9.70. The summed E-state index contributed by atoms with van der Waals surface area (Å²) in [4.78, 5) is 19.9. The molecule has 0 amide bonds. The molecule has 1 aliphatic rings. The average Bonchev–Trinajstić information content (AvgIpc) is 3.39. The number of nitrogens with zero attached hydrogens (tertiary/aromatic N) is 2. The van der Waals surface area contributed by atoms with E-state index < -0.39 is 5.97 Å². The number of aromatic carboxylic acids is 1. The van der Waals surface area contributed by atoms with Gasteiger partial charge >= 0.3 is 5.97 Å². The van der Waals surface area contributed by atoms with E-state index in [1.807, 2.05) is 24.3 Å². The van der Waals surface area contributed by atoms with Crippen LogP contribution in [0.5, 0.6) is 5.75 Å². The second kappa shape index (κ2) is 9.74. The highest BCUT2D eigenvalue weighted by Crippen LogP contribution is 2.44. The lowest BCUT2D eigenvalue weighted by molar-refractivity contribution is 0.0697. The van der Waals surface area contributed by atoms with Crippen molar-refractivity contribution in [2.45, 2.75) is 51.0 Å². The maximum atomic E-state index is 11.1. The van der Waals surface area contributed by atoms with Crippen molar-refractivity contribution in [3.8, 4) is 28.5 Å². The second-order valence-corrected chi connectivity index (χ2v) is 9.40. The first kappa shape index (κ1) is 22.8. The van der Waals surface area contributed by atoms with Gasteiger partial charge in [0.15, 0.2) is 0 Å². The van der Waals surface area contributed by atoms with E-state index >= 15 is 0 Å². The molecule has 0 atom stereocenters. The molecule has 178 valence electrons. The van der Waals surface area contributed by atoms with Crippen molar-refractivity contribution < 1.29 is 19.1 Å². The van der Waals surface area contributed by atoms with Crippen molar-refractivity contribution in [1.82, 2.24) is 9.97 Å². The molecular weight excluding hydrogens is 440 g/mol. The fourth-order valence-corrected chi connectivity index (χ4v) is 4.82. The van der Waals surface area contributed by atoms with Crippen molar-refractivity contribution in [3.63, 3.8) is 0 Å². The lowest BCUT2D eigenvalue weighted by Gasteiger charge is -2.35. The van der Waals surface area contributed by atoms with Crippen LogP contribution < -0.4 is 4.74 Å². The molecule has 2 aromatic heterocycles. The number of carboxylic acid groups (broad SMARTS) is 1. The van der Waals surface area contributed by atoms with E-state index in [0.29, 0.717) is 18.2 Å². The number of ether oxygens (including phenoxy) is 1. The van der Waals surface area contributed by atoms with Crippen LogP contribution in [0.25, 0.3) is 22.7 Å². The maximum Gasteiger partial charge on any atom is 0.335 e. The Balaban J connectivity index is 1.45. The summed E-state index contributed by atoms with van der Waals surface area (Å²) in [5.74, 6) is 0.474. The zero-order chi connectivity index (χ0) is 24.3. The molecule has 2 heterocycles. The van der Waals surface area contributed by atoms with Crippen molar-refractivity contribution >= 4 is 5.97 Å². The third kappa shape index (κ3) is 4.97. The predicted octanol–water partition coefficient (Wildman–Crippen LogP) is 6.90. The summed E-state index contributed by atoms with van der Waals surface area (Å²) in [6.45, 7) is 2.82. The number of pyridine rings is 1. The predicted molar refractivity (Wildman–Crippen MR) is 133 cm³/mol. The average molecular weight is 469 g/mol. The number of rotatable bonds is 7. The van der Waals surface area contributed by atoms with E-state index in [1.165, 1.54) is 24.8 Å². The zero-order valence-electron chi connectivity index (χ0n) is 19.7. The van der Waals surface area contributed by atoms with Gasteiger partial charge in [-0.2, -0.15) is 0 Å². The third-order valence-electron chi connectivity index (χ3n) is 6.91. The van der Waals surface area contributed by atoms with Crippen molar-refractivity contribution in [2.24, 2.45) is 0 Å². The summed E-state index contributed by atoms with van der Waals surface area (Å²) in [5, 5.41) is 9.13. The molecule has 0 spiro atoms. The van der Waals surface area contributed by atoms with E-state index in [2.05, 4.69) is 18.0 Å². The minimum atomic E-state index is -0.952. The van der Waals surface area contributed by atoms with Crippen molar-refractivity contribution in [3.05, 3.63) is 89.9 Å². The highest BCUT2D eigenvalue weighted by molar-refractivity contribution is 5.88. The fourth-order valence-electron chi connectivity index (χ4n) is 4.82. The van der Waals surface area contributed by atoms with Crippen LogP contribution in [0.2, 0.25) is 0 Å². The molecule has 5 rings (SSSR count).